The van der Waals surface area contributed by atoms with E-state index in [9.17, 15) is 17.8 Å². The minimum absolute atomic E-state index is 0. The van der Waals surface area contributed by atoms with Gasteiger partial charge in [-0.25, -0.2) is 4.98 Å². The molecule has 0 N–H and O–H groups in total. The Balaban J connectivity index is 0.0000100. The first-order valence-corrected chi connectivity index (χ1v) is 18.6. The van der Waals surface area contributed by atoms with Crippen LogP contribution in [-0.2, 0) is 26.5 Å². The first-order chi connectivity index (χ1) is 44.2. The average molecular weight is 1040 g/mol. The Labute approximate surface area is 432 Å². The molecule has 0 saturated heterocycles. The van der Waals surface area contributed by atoms with Crippen molar-refractivity contribution in [3.8, 4) is 62.2 Å². The van der Waals surface area contributed by atoms with Gasteiger partial charge in [-0.2, -0.15) is 18.1 Å². The molecule has 0 aliphatic rings. The Morgan fingerprint density at radius 1 is 0.578 bits per heavy atom. The molecular weight excluding hydrogens is 966 g/mol. The molecule has 7 aromatic carbocycles. The van der Waals surface area contributed by atoms with Crippen LogP contribution in [0.2, 0.25) is 0 Å². The maximum atomic E-state index is 9.65. The van der Waals surface area contributed by atoms with Crippen LogP contribution in [0.25, 0.3) is 83.5 Å². The van der Waals surface area contributed by atoms with E-state index in [0.717, 1.165) is 4.57 Å². The van der Waals surface area contributed by atoms with Crippen molar-refractivity contribution < 1.29 is 74.2 Å². The van der Waals surface area contributed by atoms with Crippen molar-refractivity contribution in [2.24, 2.45) is 0 Å². The summed E-state index contributed by atoms with van der Waals surface area (Å²) in [5, 5.41) is -0.946. The topological polar surface area (TPSA) is 48.8 Å². The van der Waals surface area contributed by atoms with Crippen LogP contribution in [0.15, 0.2) is 194 Å². The predicted molar refractivity (Wildman–Crippen MR) is 253 cm³/mol. The molecule has 4 aromatic heterocycles. The zero-order valence-electron chi connectivity index (χ0n) is 65.0. The largest absolute Gasteiger partial charge is 0.510 e. The molecule has 6 nitrogen and oxygen atoms in total. The van der Waals surface area contributed by atoms with Gasteiger partial charge in [0.05, 0.1) is 59.4 Å². The van der Waals surface area contributed by atoms with E-state index in [4.69, 9.17) is 30.8 Å². The summed E-state index contributed by atoms with van der Waals surface area (Å²) in [5.74, 6) is -2.37. The standard InChI is InChI=1S/C57H41N5O.Pt/c1-57(2,3)42-31-33-59-55(35-42)62-51-30-27-41(50-24-12-13-32-58-50)34-49(51)48-29-28-45(37-54(48)62)63-44-21-14-20-43(36-44)60-38-61(53-26-11-10-25-52(53)60)56-46(39-16-6-4-7-17-39)22-15-23-47(56)40-18-8-5-9-19-40;/h4-35H,1-3H3;/q-2;/i4D,5D,6D,7D,8D,9D,10D,11D,12D,13D,14D,15D,16D,17D,18D,19D,20D,21D,22D,23D,24D,25D,26D,27D,28D,29D,30D,31D,32D,33D,34D,35D;. The van der Waals surface area contributed by atoms with E-state index in [1.165, 1.54) is 0 Å². The van der Waals surface area contributed by atoms with E-state index in [-0.39, 0.29) is 26.6 Å². The molecule has 7 heteroatoms. The second kappa shape index (κ2) is 16.7. The van der Waals surface area contributed by atoms with Gasteiger partial charge in [0, 0.05) is 53.2 Å². The van der Waals surface area contributed by atoms with Crippen molar-refractivity contribution in [1.29, 1.82) is 0 Å². The number of pyridine rings is 2. The Morgan fingerprint density at radius 3 is 2.05 bits per heavy atom. The monoisotopic (exact) mass is 1040 g/mol. The van der Waals surface area contributed by atoms with Crippen LogP contribution in [0.5, 0.6) is 11.5 Å². The Bertz CT molecular complexity index is 5220. The zero-order valence-corrected chi connectivity index (χ0v) is 35.2. The molecule has 0 radical (unpaired) electrons. The number of benzene rings is 7. The molecule has 0 spiro atoms. The third-order valence-corrected chi connectivity index (χ3v) is 9.39. The summed E-state index contributed by atoms with van der Waals surface area (Å²) in [5.41, 5.74) is -10.4. The van der Waals surface area contributed by atoms with E-state index in [2.05, 4.69) is 28.4 Å². The second-order valence-electron chi connectivity index (χ2n) is 14.3. The van der Waals surface area contributed by atoms with Gasteiger partial charge >= 0.3 is 0 Å². The summed E-state index contributed by atoms with van der Waals surface area (Å²) < 4.78 is 296. The zero-order chi connectivity index (χ0) is 70.3. The van der Waals surface area contributed by atoms with E-state index in [1.807, 2.05) is 0 Å². The number of fused-ring (bicyclic) bond motifs is 4. The van der Waals surface area contributed by atoms with Gasteiger partial charge < -0.3 is 13.9 Å². The molecule has 0 amide bonds. The van der Waals surface area contributed by atoms with Crippen molar-refractivity contribution in [2.75, 3.05) is 0 Å². The SMILES string of the molecule is [2H]c1nc(-c2c([2H])c([2H])c3c(c2[2H])c2c([2H])c([2H])c(Oc4[c-]c(-n5[c-][n+](-c6c(-c7c([2H])c([2H])c([2H])c([2H])c7[2H])c([2H])c([2H])c([2H])c6-c6c([2H])c([2H])c([2H])c([2H])c6[2H])c6c([2H])c([2H])c([2H])c([2H])c65)c([2H])c([2H])c4[2H])[c-]c2n3-c2nc([2H])c([2H])c(C(C)(C)C)c2[2H])c([2H])c([2H])c1[2H].[Pt]. The average Bonchev–Trinajstić information content (AvgIpc) is 1.49. The molecule has 0 atom stereocenters. The number of aromatic nitrogens is 5. The third-order valence-electron chi connectivity index (χ3n) is 9.39. The Hall–Kier alpha value is -7.40. The van der Waals surface area contributed by atoms with Crippen LogP contribution in [0.3, 0.4) is 0 Å². The van der Waals surface area contributed by atoms with Crippen LogP contribution in [0.1, 0.15) is 70.2 Å². The van der Waals surface area contributed by atoms with Crippen LogP contribution < -0.4 is 9.30 Å². The molecule has 64 heavy (non-hydrogen) atoms. The molecule has 4 heterocycles. The Kier molecular flexibility index (Phi) is 4.79. The molecule has 0 unspecified atom stereocenters. The number of rotatable bonds is 8. The summed E-state index contributed by atoms with van der Waals surface area (Å²) in [6.07, 6.45) is 1.11. The smallest absolute Gasteiger partial charge is 0.268 e. The van der Waals surface area contributed by atoms with Crippen molar-refractivity contribution in [2.45, 2.75) is 26.2 Å². The van der Waals surface area contributed by atoms with Gasteiger partial charge in [0.1, 0.15) is 5.82 Å². The van der Waals surface area contributed by atoms with E-state index >= 15 is 0 Å². The normalized spacial score (nSPS) is 18.5. The van der Waals surface area contributed by atoms with Crippen molar-refractivity contribution in [3.05, 3.63) is 218 Å². The third kappa shape index (κ3) is 7.40. The molecule has 0 fully saturated rings. The van der Waals surface area contributed by atoms with Crippen molar-refractivity contribution >= 4 is 32.8 Å². The minimum atomic E-state index is -1.11. The van der Waals surface area contributed by atoms with Gasteiger partial charge in [0.25, 0.3) is 6.33 Å². The maximum absolute atomic E-state index is 9.65. The molecule has 312 valence electrons. The second-order valence-corrected chi connectivity index (χ2v) is 14.3. The fourth-order valence-corrected chi connectivity index (χ4v) is 6.57. The van der Waals surface area contributed by atoms with Gasteiger partial charge in [-0.3, -0.25) is 9.55 Å². The van der Waals surface area contributed by atoms with Crippen molar-refractivity contribution in [1.82, 2.24) is 19.1 Å². The van der Waals surface area contributed by atoms with E-state index in [1.54, 1.807) is 20.8 Å². The first-order valence-electron chi connectivity index (χ1n) is 34.6. The summed E-state index contributed by atoms with van der Waals surface area (Å²) in [7, 11) is 0. The molecule has 11 rings (SSSR count). The summed E-state index contributed by atoms with van der Waals surface area (Å²) in [6.45, 7) is 4.86. The van der Waals surface area contributed by atoms with E-state index < -0.39 is 294 Å². The molecule has 0 aliphatic heterocycles. The molecular formula is C57H41N5OPt-2. The molecule has 0 saturated carbocycles. The molecule has 11 aromatic rings. The van der Waals surface area contributed by atoms with Crippen LogP contribution >= 0.6 is 0 Å². The first kappa shape index (κ1) is 18.4. The number of ether oxygens (including phenoxy) is 1. The summed E-state index contributed by atoms with van der Waals surface area (Å²) in [4.78, 5) is 8.17. The Morgan fingerprint density at radius 2 is 1.28 bits per heavy atom. The van der Waals surface area contributed by atoms with Gasteiger partial charge in [0.2, 0.25) is 0 Å². The van der Waals surface area contributed by atoms with Crippen LogP contribution in [-0.4, -0.2) is 19.1 Å². The number of hydrogen-bond acceptors (Lipinski definition) is 3. The molecule has 0 aliphatic carbocycles. The fourth-order valence-electron chi connectivity index (χ4n) is 6.57. The number of hydrogen-bond donors (Lipinski definition) is 0. The molecule has 0 bridgehead atoms. The van der Waals surface area contributed by atoms with Gasteiger partial charge in [0.15, 0.2) is 0 Å². The number of nitrogens with zero attached hydrogens (tertiary/aromatic N) is 5. The van der Waals surface area contributed by atoms with Gasteiger partial charge in [-0.05, 0) is 84.2 Å². The number of para-hydroxylation sites is 3. The van der Waals surface area contributed by atoms with Crippen LogP contribution in [0.4, 0.5) is 0 Å². The minimum Gasteiger partial charge on any atom is -0.510 e. The van der Waals surface area contributed by atoms with Gasteiger partial charge in [-0.1, -0.05) is 147 Å². The predicted octanol–water partition coefficient (Wildman–Crippen LogP) is 13.3. The quantitative estimate of drug-likeness (QED) is 0.113. The van der Waals surface area contributed by atoms with Crippen molar-refractivity contribution in [3.63, 3.8) is 0 Å². The summed E-state index contributed by atoms with van der Waals surface area (Å²) in [6, 6.07) is -23.1. The van der Waals surface area contributed by atoms with Crippen LogP contribution in [0, 0.1) is 18.5 Å². The van der Waals surface area contributed by atoms with Gasteiger partial charge in [-0.15, -0.1) is 29.6 Å². The number of imidazole rings is 1. The summed E-state index contributed by atoms with van der Waals surface area (Å²) >= 11 is 0. The van der Waals surface area contributed by atoms with E-state index in [0.29, 0.717) is 9.13 Å². The fraction of sp³-hybridized carbons (Fsp3) is 0.0702. The maximum Gasteiger partial charge on any atom is 0.268 e.